The molecule has 1 saturated heterocycles. The Bertz CT molecular complexity index is 1540. The summed E-state index contributed by atoms with van der Waals surface area (Å²) in [5.41, 5.74) is 6.99. The first-order valence-electron chi connectivity index (χ1n) is 15.5. The number of aromatic amines is 1. The van der Waals surface area contributed by atoms with Gasteiger partial charge in [0.05, 0.1) is 25.9 Å². The van der Waals surface area contributed by atoms with E-state index in [9.17, 15) is 9.59 Å². The van der Waals surface area contributed by atoms with Crippen LogP contribution in [0.1, 0.15) is 58.9 Å². The molecule has 2 amide bonds. The molecule has 3 unspecified atom stereocenters. The van der Waals surface area contributed by atoms with Crippen LogP contribution in [0.15, 0.2) is 97.1 Å². The minimum Gasteiger partial charge on any atom is -0.453 e. The van der Waals surface area contributed by atoms with Crippen LogP contribution in [-0.4, -0.2) is 49.4 Å². The number of aryl methyl sites for hydroxylation is 2. The van der Waals surface area contributed by atoms with E-state index in [2.05, 4.69) is 40.0 Å². The average Bonchev–Trinajstić information content (AvgIpc) is 3.45. The molecule has 234 valence electrons. The van der Waals surface area contributed by atoms with Crippen LogP contribution in [0.4, 0.5) is 10.5 Å². The smallest absolute Gasteiger partial charge is 0.407 e. The van der Waals surface area contributed by atoms with E-state index in [0.717, 1.165) is 47.5 Å². The number of carbonyl (C=O) groups is 2. The first-order valence-corrected chi connectivity index (χ1v) is 15.5. The normalized spacial score (nSPS) is 17.2. The van der Waals surface area contributed by atoms with Crippen LogP contribution < -0.4 is 16.0 Å². The van der Waals surface area contributed by atoms with Gasteiger partial charge in [-0.05, 0) is 61.1 Å². The molecule has 45 heavy (non-hydrogen) atoms. The van der Waals surface area contributed by atoms with E-state index in [1.54, 1.807) is 0 Å². The summed E-state index contributed by atoms with van der Waals surface area (Å²) in [7, 11) is 1.30. The van der Waals surface area contributed by atoms with Crippen LogP contribution in [0, 0.1) is 6.92 Å². The average molecular weight is 607 g/mol. The molecular weight excluding hydrogens is 564 g/mol. The van der Waals surface area contributed by atoms with E-state index in [0.29, 0.717) is 12.3 Å². The second-order valence-electron chi connectivity index (χ2n) is 11.3. The van der Waals surface area contributed by atoms with Crippen molar-refractivity contribution in [3.8, 4) is 0 Å². The molecule has 0 radical (unpaired) electrons. The molecule has 1 aliphatic rings. The summed E-state index contributed by atoms with van der Waals surface area (Å²) < 4.78 is 11.2. The predicted octanol–water partition coefficient (Wildman–Crippen LogP) is 6.51. The fourth-order valence-electron chi connectivity index (χ4n) is 5.92. The molecule has 0 bridgehead atoms. The first-order chi connectivity index (χ1) is 22.0. The van der Waals surface area contributed by atoms with Crippen molar-refractivity contribution in [1.82, 2.24) is 15.6 Å². The van der Waals surface area contributed by atoms with Gasteiger partial charge in [0.25, 0.3) is 0 Å². The van der Waals surface area contributed by atoms with Gasteiger partial charge in [0.1, 0.15) is 6.04 Å². The molecule has 0 aliphatic carbocycles. The quantitative estimate of drug-likeness (QED) is 0.156. The van der Waals surface area contributed by atoms with E-state index in [1.807, 2.05) is 97.9 Å². The molecule has 1 aliphatic heterocycles. The highest BCUT2D eigenvalue weighted by atomic mass is 16.5. The molecule has 4 aromatic rings. The Morgan fingerprint density at radius 3 is 2.29 bits per heavy atom. The zero-order valence-electron chi connectivity index (χ0n) is 26.1. The van der Waals surface area contributed by atoms with Crippen molar-refractivity contribution in [3.05, 3.63) is 131 Å². The van der Waals surface area contributed by atoms with Crippen molar-refractivity contribution in [2.24, 2.45) is 0 Å². The Balaban J connectivity index is 1.28. The number of nitrogens with one attached hydrogen (secondary N) is 4. The number of alkyl carbamates (subject to hydrolysis) is 1. The van der Waals surface area contributed by atoms with E-state index < -0.39 is 18.1 Å². The molecule has 4 N–H and O–H groups in total. The summed E-state index contributed by atoms with van der Waals surface area (Å²) in [6.07, 6.45) is 5.03. The number of H-pyrrole nitrogens is 1. The second-order valence-corrected chi connectivity index (χ2v) is 11.3. The summed E-state index contributed by atoms with van der Waals surface area (Å²) in [5.74, 6) is -0.770. The standard InChI is InChI=1S/C37H42N4O4/c1-4-13-29-22-32(39-25(29)2)33-24-45-30(23-38-33)21-20-26-14-11-12-19-31(26)40-36(42)35(41-37(43)44-3)34(27-15-7-5-8-16-27)28-17-9-6-10-18-28/h4-19,22,30,33-35,38-39H,20-21,23-24H2,1-3H3,(H,40,42)(H,41,43). The van der Waals surface area contributed by atoms with E-state index in [1.165, 1.54) is 12.7 Å². The third-order valence-electron chi connectivity index (χ3n) is 8.29. The lowest BCUT2D eigenvalue weighted by Crippen LogP contribution is -2.48. The number of carbonyl (C=O) groups excluding carboxylic acids is 2. The third-order valence-corrected chi connectivity index (χ3v) is 8.29. The molecule has 1 fully saturated rings. The summed E-state index contributed by atoms with van der Waals surface area (Å²) in [6.45, 7) is 5.42. The number of aromatic nitrogens is 1. The summed E-state index contributed by atoms with van der Waals surface area (Å²) in [5, 5.41) is 9.56. The minimum atomic E-state index is -0.928. The largest absolute Gasteiger partial charge is 0.453 e. The Labute approximate surface area is 265 Å². The number of anilines is 1. The lowest BCUT2D eigenvalue weighted by molar-refractivity contribution is -0.118. The number of allylic oxidation sites excluding steroid dienone is 1. The maximum absolute atomic E-state index is 14.0. The fourth-order valence-corrected chi connectivity index (χ4v) is 5.92. The zero-order valence-corrected chi connectivity index (χ0v) is 26.1. The van der Waals surface area contributed by atoms with Crippen molar-refractivity contribution in [1.29, 1.82) is 0 Å². The van der Waals surface area contributed by atoms with Crippen molar-refractivity contribution in [3.63, 3.8) is 0 Å². The first kappa shape index (κ1) is 31.8. The predicted molar refractivity (Wildman–Crippen MR) is 178 cm³/mol. The highest BCUT2D eigenvalue weighted by Crippen LogP contribution is 2.30. The molecule has 5 rings (SSSR count). The van der Waals surface area contributed by atoms with Crippen LogP contribution in [0.5, 0.6) is 0 Å². The number of methoxy groups -OCH3 is 1. The van der Waals surface area contributed by atoms with Crippen molar-refractivity contribution in [2.45, 2.75) is 50.8 Å². The lowest BCUT2D eigenvalue weighted by atomic mass is 9.84. The number of rotatable bonds is 11. The Morgan fingerprint density at radius 1 is 1.00 bits per heavy atom. The van der Waals surface area contributed by atoms with Crippen molar-refractivity contribution < 1.29 is 19.1 Å². The van der Waals surface area contributed by atoms with Gasteiger partial charge in [0.15, 0.2) is 0 Å². The third kappa shape index (κ3) is 8.09. The fraction of sp³-hybridized carbons (Fsp3) is 0.297. The maximum Gasteiger partial charge on any atom is 0.407 e. The van der Waals surface area contributed by atoms with Gasteiger partial charge < -0.3 is 30.4 Å². The molecule has 8 heteroatoms. The molecule has 2 heterocycles. The molecule has 3 aromatic carbocycles. The monoisotopic (exact) mass is 606 g/mol. The highest BCUT2D eigenvalue weighted by Gasteiger charge is 2.33. The van der Waals surface area contributed by atoms with Crippen LogP contribution in [-0.2, 0) is 20.7 Å². The topological polar surface area (TPSA) is 104 Å². The summed E-state index contributed by atoms with van der Waals surface area (Å²) >= 11 is 0. The number of benzene rings is 3. The number of ether oxygens (including phenoxy) is 2. The number of morpholine rings is 1. The van der Waals surface area contributed by atoms with Crippen molar-refractivity contribution in [2.75, 3.05) is 25.6 Å². The van der Waals surface area contributed by atoms with Gasteiger partial charge in [-0.2, -0.15) is 0 Å². The number of amides is 2. The Kier molecular flexibility index (Phi) is 10.8. The van der Waals surface area contributed by atoms with Crippen LogP contribution in [0.25, 0.3) is 6.08 Å². The Morgan fingerprint density at radius 2 is 1.67 bits per heavy atom. The van der Waals surface area contributed by atoms with Crippen LogP contribution in [0.2, 0.25) is 0 Å². The molecule has 0 saturated carbocycles. The van der Waals surface area contributed by atoms with Gasteiger partial charge in [-0.25, -0.2) is 4.79 Å². The van der Waals surface area contributed by atoms with Crippen molar-refractivity contribution >= 4 is 23.8 Å². The molecule has 1 aromatic heterocycles. The van der Waals surface area contributed by atoms with E-state index in [-0.39, 0.29) is 18.1 Å². The lowest BCUT2D eigenvalue weighted by Gasteiger charge is -2.30. The van der Waals surface area contributed by atoms with Gasteiger partial charge >= 0.3 is 6.09 Å². The summed E-state index contributed by atoms with van der Waals surface area (Å²) in [6, 6.07) is 28.6. The van der Waals surface area contributed by atoms with Gasteiger partial charge in [0, 0.05) is 29.5 Å². The van der Waals surface area contributed by atoms with Crippen LogP contribution in [0.3, 0.4) is 0 Å². The maximum atomic E-state index is 14.0. The van der Waals surface area contributed by atoms with Gasteiger partial charge in [-0.3, -0.25) is 4.79 Å². The Hall–Kier alpha value is -4.66. The SMILES string of the molecule is CC=Cc1cc(C2COC(CCc3ccccc3NC(=O)C(NC(=O)OC)C(c3ccccc3)c3ccccc3)CN2)[nH]c1C. The number of hydrogen-bond donors (Lipinski definition) is 4. The van der Waals surface area contributed by atoms with E-state index in [4.69, 9.17) is 9.47 Å². The molecular formula is C37H42N4O4. The van der Waals surface area contributed by atoms with Gasteiger partial charge in [-0.1, -0.05) is 91.0 Å². The highest BCUT2D eigenvalue weighted by molar-refractivity contribution is 5.98. The van der Waals surface area contributed by atoms with Gasteiger partial charge in [0.2, 0.25) is 5.91 Å². The van der Waals surface area contributed by atoms with E-state index >= 15 is 0 Å². The number of para-hydroxylation sites is 1. The minimum absolute atomic E-state index is 0.0466. The number of hydrogen-bond acceptors (Lipinski definition) is 5. The van der Waals surface area contributed by atoms with Gasteiger partial charge in [-0.15, -0.1) is 0 Å². The summed E-state index contributed by atoms with van der Waals surface area (Å²) in [4.78, 5) is 30.0. The molecule has 3 atom stereocenters. The second kappa shape index (κ2) is 15.4. The van der Waals surface area contributed by atoms with Crippen LogP contribution >= 0.6 is 0 Å². The molecule has 8 nitrogen and oxygen atoms in total. The zero-order chi connectivity index (χ0) is 31.6. The molecule has 0 spiro atoms.